The molecule has 180 valence electrons. The van der Waals surface area contributed by atoms with E-state index in [0.29, 0.717) is 28.6 Å². The smallest absolute Gasteiger partial charge is 0.278 e. The number of anilines is 3. The first-order valence-corrected chi connectivity index (χ1v) is 11.6. The van der Waals surface area contributed by atoms with Crippen LogP contribution in [0.5, 0.6) is 0 Å². The van der Waals surface area contributed by atoms with E-state index in [1.165, 1.54) is 23.0 Å². The minimum atomic E-state index is -0.357. The van der Waals surface area contributed by atoms with Gasteiger partial charge in [0.25, 0.3) is 5.56 Å². The minimum Gasteiger partial charge on any atom is -0.367 e. The van der Waals surface area contributed by atoms with E-state index < -0.39 is 0 Å². The molecule has 0 radical (unpaired) electrons. The van der Waals surface area contributed by atoms with Gasteiger partial charge in [-0.25, -0.2) is 23.7 Å². The number of hydrogen-bond acceptors (Lipinski definition) is 7. The largest absolute Gasteiger partial charge is 0.367 e. The number of aryl methyl sites for hydroxylation is 1. The SMILES string of the molecule is C=CCn1c(=O)c2cnc(Nc3cc(C)cc(F)c3)nc2n1-c1cccc(NC2CCNCC2)n1. The predicted molar refractivity (Wildman–Crippen MR) is 135 cm³/mol. The topological polar surface area (TPSA) is 102 Å². The van der Waals surface area contributed by atoms with Crippen LogP contribution in [0.3, 0.4) is 0 Å². The number of hydrogen-bond donors (Lipinski definition) is 3. The summed E-state index contributed by atoms with van der Waals surface area (Å²) < 4.78 is 17.1. The van der Waals surface area contributed by atoms with Gasteiger partial charge in [-0.1, -0.05) is 12.1 Å². The fourth-order valence-electron chi connectivity index (χ4n) is 4.34. The predicted octanol–water partition coefficient (Wildman–Crippen LogP) is 3.52. The molecular formula is C25H27FN8O. The number of rotatable bonds is 7. The average Bonchev–Trinajstić information content (AvgIpc) is 3.10. The number of allylic oxidation sites excluding steroid dienone is 1. The molecule has 3 N–H and O–H groups in total. The molecule has 0 spiro atoms. The second-order valence-electron chi connectivity index (χ2n) is 8.61. The summed E-state index contributed by atoms with van der Waals surface area (Å²) in [7, 11) is 0. The van der Waals surface area contributed by atoms with Crippen LogP contribution < -0.4 is 21.5 Å². The summed E-state index contributed by atoms with van der Waals surface area (Å²) in [4.78, 5) is 26.9. The van der Waals surface area contributed by atoms with Gasteiger partial charge in [0.05, 0.1) is 6.54 Å². The van der Waals surface area contributed by atoms with E-state index in [4.69, 9.17) is 4.98 Å². The number of piperidine rings is 1. The number of aromatic nitrogens is 5. The zero-order chi connectivity index (χ0) is 24.4. The molecule has 0 aliphatic carbocycles. The first kappa shape index (κ1) is 22.7. The average molecular weight is 475 g/mol. The molecule has 0 bridgehead atoms. The lowest BCUT2D eigenvalue weighted by Gasteiger charge is -2.24. The highest BCUT2D eigenvalue weighted by atomic mass is 19.1. The second kappa shape index (κ2) is 9.67. The standard InChI is InChI=1S/C25H27FN8O/c1-3-11-33-24(35)20-15-28-25(30-19-13-16(2)12-17(26)14-19)32-23(20)34(33)22-6-4-5-21(31-22)29-18-7-9-27-10-8-18/h3-6,12-15,18,27H,1,7-11H2,2H3,(H,29,31)(H,28,30,32). The van der Waals surface area contributed by atoms with Crippen LogP contribution in [-0.2, 0) is 6.54 Å². The number of fused-ring (bicyclic) bond motifs is 1. The Balaban J connectivity index is 1.57. The van der Waals surface area contributed by atoms with Crippen molar-refractivity contribution in [3.05, 3.63) is 77.0 Å². The van der Waals surface area contributed by atoms with E-state index in [0.717, 1.165) is 37.3 Å². The van der Waals surface area contributed by atoms with Crippen LogP contribution in [0, 0.1) is 12.7 Å². The molecule has 0 unspecified atom stereocenters. The van der Waals surface area contributed by atoms with E-state index in [-0.39, 0.29) is 23.9 Å². The van der Waals surface area contributed by atoms with Gasteiger partial charge >= 0.3 is 0 Å². The van der Waals surface area contributed by atoms with Gasteiger partial charge < -0.3 is 16.0 Å². The molecule has 1 aliphatic heterocycles. The number of benzene rings is 1. The van der Waals surface area contributed by atoms with Crippen molar-refractivity contribution in [2.45, 2.75) is 32.4 Å². The minimum absolute atomic E-state index is 0.244. The molecule has 1 aliphatic rings. The Bertz CT molecular complexity index is 1420. The second-order valence-corrected chi connectivity index (χ2v) is 8.61. The normalized spacial score (nSPS) is 14.2. The molecule has 10 heteroatoms. The first-order valence-electron chi connectivity index (χ1n) is 11.6. The van der Waals surface area contributed by atoms with Crippen molar-refractivity contribution >= 4 is 28.5 Å². The van der Waals surface area contributed by atoms with Gasteiger partial charge in [0.2, 0.25) is 5.95 Å². The summed E-state index contributed by atoms with van der Waals surface area (Å²) in [5.74, 6) is 1.17. The van der Waals surface area contributed by atoms with Crippen molar-refractivity contribution in [3.63, 3.8) is 0 Å². The van der Waals surface area contributed by atoms with Crippen LogP contribution in [0.15, 0.2) is 60.0 Å². The van der Waals surface area contributed by atoms with Crippen molar-refractivity contribution in [3.8, 4) is 5.82 Å². The fourth-order valence-corrected chi connectivity index (χ4v) is 4.34. The molecule has 4 heterocycles. The van der Waals surface area contributed by atoms with E-state index in [1.807, 2.05) is 25.1 Å². The summed E-state index contributed by atoms with van der Waals surface area (Å²) >= 11 is 0. The van der Waals surface area contributed by atoms with Gasteiger partial charge in [0, 0.05) is 17.9 Å². The fraction of sp³-hybridized carbons (Fsp3) is 0.280. The van der Waals surface area contributed by atoms with E-state index in [2.05, 4.69) is 32.5 Å². The van der Waals surface area contributed by atoms with Crippen LogP contribution in [0.2, 0.25) is 0 Å². The quantitative estimate of drug-likeness (QED) is 0.352. The molecule has 4 aromatic rings. The number of halogens is 1. The molecule has 0 saturated carbocycles. The Kier molecular flexibility index (Phi) is 6.28. The Morgan fingerprint density at radius 1 is 1.23 bits per heavy atom. The number of nitrogens with zero attached hydrogens (tertiary/aromatic N) is 5. The Hall–Kier alpha value is -4.05. The molecule has 3 aromatic heterocycles. The highest BCUT2D eigenvalue weighted by Gasteiger charge is 2.19. The van der Waals surface area contributed by atoms with Crippen LogP contribution in [0.25, 0.3) is 16.9 Å². The monoisotopic (exact) mass is 474 g/mol. The van der Waals surface area contributed by atoms with Gasteiger partial charge in [0.15, 0.2) is 11.5 Å². The van der Waals surface area contributed by atoms with Crippen molar-refractivity contribution in [1.29, 1.82) is 0 Å². The van der Waals surface area contributed by atoms with Gasteiger partial charge in [-0.15, -0.1) is 6.58 Å². The van der Waals surface area contributed by atoms with E-state index in [1.54, 1.807) is 16.8 Å². The lowest BCUT2D eigenvalue weighted by Crippen LogP contribution is -2.35. The first-order chi connectivity index (χ1) is 17.0. The summed E-state index contributed by atoms with van der Waals surface area (Å²) in [6.07, 6.45) is 5.16. The third-order valence-corrected chi connectivity index (χ3v) is 5.92. The van der Waals surface area contributed by atoms with E-state index >= 15 is 0 Å². The maximum Gasteiger partial charge on any atom is 0.278 e. The highest BCUT2D eigenvalue weighted by molar-refractivity contribution is 5.77. The summed E-state index contributed by atoms with van der Waals surface area (Å²) in [5.41, 5.74) is 1.44. The molecule has 0 amide bonds. The Labute approximate surface area is 201 Å². The molecule has 1 saturated heterocycles. The van der Waals surface area contributed by atoms with Crippen LogP contribution in [-0.4, -0.2) is 43.4 Å². The lowest BCUT2D eigenvalue weighted by atomic mass is 10.1. The van der Waals surface area contributed by atoms with Crippen molar-refractivity contribution < 1.29 is 4.39 Å². The highest BCUT2D eigenvalue weighted by Crippen LogP contribution is 2.21. The van der Waals surface area contributed by atoms with Gasteiger partial charge in [0.1, 0.15) is 17.0 Å². The van der Waals surface area contributed by atoms with Crippen molar-refractivity contribution in [1.82, 2.24) is 29.6 Å². The number of nitrogens with one attached hydrogen (secondary N) is 3. The van der Waals surface area contributed by atoms with Crippen LogP contribution >= 0.6 is 0 Å². The van der Waals surface area contributed by atoms with Gasteiger partial charge in [-0.2, -0.15) is 4.98 Å². The summed E-state index contributed by atoms with van der Waals surface area (Å²) in [6.45, 7) is 7.81. The molecule has 1 fully saturated rings. The molecule has 1 aromatic carbocycles. The summed E-state index contributed by atoms with van der Waals surface area (Å²) in [6, 6.07) is 10.6. The zero-order valence-electron chi connectivity index (χ0n) is 19.5. The molecule has 35 heavy (non-hydrogen) atoms. The third kappa shape index (κ3) is 4.78. The van der Waals surface area contributed by atoms with Gasteiger partial charge in [-0.3, -0.25) is 4.79 Å². The maximum absolute atomic E-state index is 13.9. The molecular weight excluding hydrogens is 447 g/mol. The Morgan fingerprint density at radius 3 is 2.83 bits per heavy atom. The molecule has 5 rings (SSSR count). The van der Waals surface area contributed by atoms with Crippen molar-refractivity contribution in [2.75, 3.05) is 23.7 Å². The molecule has 9 nitrogen and oxygen atoms in total. The lowest BCUT2D eigenvalue weighted by molar-refractivity contribution is 0.478. The van der Waals surface area contributed by atoms with E-state index in [9.17, 15) is 9.18 Å². The maximum atomic E-state index is 13.9. The van der Waals surface area contributed by atoms with Crippen LogP contribution in [0.1, 0.15) is 18.4 Å². The summed E-state index contributed by atoms with van der Waals surface area (Å²) in [5, 5.41) is 10.2. The van der Waals surface area contributed by atoms with Crippen molar-refractivity contribution in [2.24, 2.45) is 0 Å². The third-order valence-electron chi connectivity index (χ3n) is 5.92. The Morgan fingerprint density at radius 2 is 2.06 bits per heavy atom. The number of pyridine rings is 1. The van der Waals surface area contributed by atoms with Crippen LogP contribution in [0.4, 0.5) is 21.8 Å². The zero-order valence-corrected chi connectivity index (χ0v) is 19.5. The van der Waals surface area contributed by atoms with Gasteiger partial charge in [-0.05, 0) is 68.8 Å². The molecule has 0 atom stereocenters.